The van der Waals surface area contributed by atoms with Gasteiger partial charge in [-0.15, -0.1) is 0 Å². The molecular weight excluding hydrogens is 294 g/mol. The average Bonchev–Trinajstić information content (AvgIpc) is 2.67. The van der Waals surface area contributed by atoms with Gasteiger partial charge in [0.2, 0.25) is 0 Å². The van der Waals surface area contributed by atoms with Crippen molar-refractivity contribution in [1.29, 1.82) is 0 Å². The highest BCUT2D eigenvalue weighted by atomic mass is 14.9. The minimum Gasteiger partial charge on any atom is -0.310 e. The molecule has 2 aliphatic rings. The molecule has 0 spiro atoms. The molecule has 2 N–H and O–H groups in total. The fourth-order valence-electron chi connectivity index (χ4n) is 4.05. The Hall–Kier alpha value is -1.71. The number of hydrogen-bond donors (Lipinski definition) is 2. The van der Waals surface area contributed by atoms with Crippen LogP contribution in [0.4, 0.5) is 0 Å². The smallest absolute Gasteiger partial charge is 0.0605 e. The fraction of sp³-hybridized carbons (Fsp3) is 0.476. The predicted molar refractivity (Wildman–Crippen MR) is 97.8 cm³/mol. The number of aromatic nitrogens is 1. The minimum atomic E-state index is 0.398. The third-order valence-electron chi connectivity index (χ3n) is 5.44. The van der Waals surface area contributed by atoms with Gasteiger partial charge in [0.05, 0.1) is 11.7 Å². The fourth-order valence-corrected chi connectivity index (χ4v) is 4.05. The number of pyridine rings is 1. The van der Waals surface area contributed by atoms with Gasteiger partial charge in [-0.25, -0.2) is 0 Å². The van der Waals surface area contributed by atoms with Crippen LogP contribution in [0.25, 0.3) is 0 Å². The van der Waals surface area contributed by atoms with Gasteiger partial charge >= 0.3 is 0 Å². The average molecular weight is 321 g/mol. The van der Waals surface area contributed by atoms with Crippen LogP contribution in [0.5, 0.6) is 0 Å². The number of piperidine rings is 1. The first-order valence-corrected chi connectivity index (χ1v) is 9.39. The molecule has 0 saturated carbocycles. The lowest BCUT2D eigenvalue weighted by Crippen LogP contribution is -2.27. The molecule has 1 aliphatic heterocycles. The molecule has 1 aromatic carbocycles. The van der Waals surface area contributed by atoms with E-state index >= 15 is 0 Å². The Bertz CT molecular complexity index is 659. The zero-order valence-corrected chi connectivity index (χ0v) is 14.3. The van der Waals surface area contributed by atoms with Gasteiger partial charge in [0.15, 0.2) is 0 Å². The first kappa shape index (κ1) is 15.8. The van der Waals surface area contributed by atoms with Crippen molar-refractivity contribution in [1.82, 2.24) is 15.6 Å². The van der Waals surface area contributed by atoms with Gasteiger partial charge in [0, 0.05) is 18.8 Å². The number of nitrogens with zero attached hydrogens (tertiary/aromatic N) is 1. The Labute approximate surface area is 144 Å². The lowest BCUT2D eigenvalue weighted by atomic mass is 9.91. The van der Waals surface area contributed by atoms with Crippen molar-refractivity contribution in [3.63, 3.8) is 0 Å². The van der Waals surface area contributed by atoms with Gasteiger partial charge < -0.3 is 10.6 Å². The van der Waals surface area contributed by atoms with E-state index in [2.05, 4.69) is 52.0 Å². The number of rotatable bonds is 4. The van der Waals surface area contributed by atoms with Crippen LogP contribution >= 0.6 is 0 Å². The van der Waals surface area contributed by atoms with Gasteiger partial charge in [-0.2, -0.15) is 0 Å². The van der Waals surface area contributed by atoms with E-state index in [0.717, 1.165) is 13.1 Å². The predicted octanol–water partition coefficient (Wildman–Crippen LogP) is 4.06. The van der Waals surface area contributed by atoms with Crippen molar-refractivity contribution >= 4 is 0 Å². The van der Waals surface area contributed by atoms with Crippen molar-refractivity contribution in [2.24, 2.45) is 0 Å². The summed E-state index contributed by atoms with van der Waals surface area (Å²) in [5.41, 5.74) is 5.47. The summed E-state index contributed by atoms with van der Waals surface area (Å²) in [6, 6.07) is 14.4. The zero-order valence-electron chi connectivity index (χ0n) is 14.3. The summed E-state index contributed by atoms with van der Waals surface area (Å²) in [4.78, 5) is 4.62. The van der Waals surface area contributed by atoms with Gasteiger partial charge in [-0.1, -0.05) is 36.8 Å². The molecule has 2 unspecified atom stereocenters. The number of nitrogens with one attached hydrogen (secondary N) is 2. The molecule has 2 aromatic rings. The zero-order chi connectivity index (χ0) is 16.2. The second kappa shape index (κ2) is 7.45. The molecule has 1 aliphatic carbocycles. The minimum absolute atomic E-state index is 0.398. The normalized spacial score (nSPS) is 23.7. The standard InChI is InChI=1S/C21H27N3/c1-2-13-22-19(7-1)17-11-9-16(10-12-17)15-24-20-8-3-5-18-6-4-14-23-21(18)20/h4,6,9-12,14,19-20,22,24H,1-3,5,7-8,13,15H2. The Morgan fingerprint density at radius 1 is 1.04 bits per heavy atom. The summed E-state index contributed by atoms with van der Waals surface area (Å²) in [5.74, 6) is 0. The topological polar surface area (TPSA) is 37.0 Å². The van der Waals surface area contributed by atoms with Crippen LogP contribution in [0.15, 0.2) is 42.6 Å². The Morgan fingerprint density at radius 3 is 2.79 bits per heavy atom. The van der Waals surface area contributed by atoms with Crippen LogP contribution in [0.2, 0.25) is 0 Å². The summed E-state index contributed by atoms with van der Waals surface area (Å²) in [6.45, 7) is 2.07. The van der Waals surface area contributed by atoms with Crippen molar-refractivity contribution in [2.75, 3.05) is 6.54 Å². The molecule has 0 bridgehead atoms. The summed E-state index contributed by atoms with van der Waals surface area (Å²) in [5, 5.41) is 7.34. The summed E-state index contributed by atoms with van der Waals surface area (Å²) in [6.07, 6.45) is 9.46. The maximum Gasteiger partial charge on any atom is 0.0605 e. The maximum atomic E-state index is 4.62. The van der Waals surface area contributed by atoms with Crippen LogP contribution in [-0.2, 0) is 13.0 Å². The molecule has 4 rings (SSSR count). The largest absolute Gasteiger partial charge is 0.310 e. The lowest BCUT2D eigenvalue weighted by molar-refractivity contribution is 0.412. The highest BCUT2D eigenvalue weighted by Crippen LogP contribution is 2.28. The summed E-state index contributed by atoms with van der Waals surface area (Å²) in [7, 11) is 0. The summed E-state index contributed by atoms with van der Waals surface area (Å²) < 4.78 is 0. The van der Waals surface area contributed by atoms with E-state index in [4.69, 9.17) is 0 Å². The molecule has 2 atom stereocenters. The second-order valence-corrected chi connectivity index (χ2v) is 7.12. The van der Waals surface area contributed by atoms with Crippen LogP contribution in [0, 0.1) is 0 Å². The van der Waals surface area contributed by atoms with Crippen LogP contribution in [-0.4, -0.2) is 11.5 Å². The highest BCUT2D eigenvalue weighted by molar-refractivity contribution is 5.27. The lowest BCUT2D eigenvalue weighted by Gasteiger charge is -2.26. The molecular formula is C21H27N3. The molecule has 1 saturated heterocycles. The first-order chi connectivity index (χ1) is 11.9. The van der Waals surface area contributed by atoms with Crippen LogP contribution in [0.1, 0.15) is 66.6 Å². The molecule has 1 aromatic heterocycles. The quantitative estimate of drug-likeness (QED) is 0.891. The molecule has 24 heavy (non-hydrogen) atoms. The van der Waals surface area contributed by atoms with E-state index in [1.165, 1.54) is 60.9 Å². The molecule has 1 fully saturated rings. The first-order valence-electron chi connectivity index (χ1n) is 9.39. The van der Waals surface area contributed by atoms with E-state index in [0.29, 0.717) is 12.1 Å². The van der Waals surface area contributed by atoms with E-state index < -0.39 is 0 Å². The SMILES string of the molecule is c1cnc2c(c1)CCCC2NCc1ccc(C2CCCCN2)cc1. The third kappa shape index (κ3) is 3.52. The van der Waals surface area contributed by atoms with Crippen molar-refractivity contribution in [2.45, 2.75) is 57.2 Å². The van der Waals surface area contributed by atoms with E-state index in [-0.39, 0.29) is 0 Å². The van der Waals surface area contributed by atoms with Gasteiger partial charge in [-0.05, 0) is 61.4 Å². The van der Waals surface area contributed by atoms with Crippen LogP contribution < -0.4 is 10.6 Å². The Kier molecular flexibility index (Phi) is 4.91. The van der Waals surface area contributed by atoms with E-state index in [9.17, 15) is 0 Å². The number of fused-ring (bicyclic) bond motifs is 1. The van der Waals surface area contributed by atoms with Gasteiger partial charge in [-0.3, -0.25) is 4.98 Å². The molecule has 126 valence electrons. The molecule has 0 amide bonds. The van der Waals surface area contributed by atoms with Gasteiger partial charge in [0.1, 0.15) is 0 Å². The third-order valence-corrected chi connectivity index (χ3v) is 5.44. The van der Waals surface area contributed by atoms with Crippen molar-refractivity contribution in [3.8, 4) is 0 Å². The molecule has 3 heteroatoms. The second-order valence-electron chi connectivity index (χ2n) is 7.12. The number of hydrogen-bond acceptors (Lipinski definition) is 3. The monoisotopic (exact) mass is 321 g/mol. The van der Waals surface area contributed by atoms with E-state index in [1.807, 2.05) is 6.20 Å². The molecule has 2 heterocycles. The van der Waals surface area contributed by atoms with Crippen LogP contribution in [0.3, 0.4) is 0 Å². The van der Waals surface area contributed by atoms with Gasteiger partial charge in [0.25, 0.3) is 0 Å². The Morgan fingerprint density at radius 2 is 1.96 bits per heavy atom. The highest BCUT2D eigenvalue weighted by Gasteiger charge is 2.20. The maximum absolute atomic E-state index is 4.62. The summed E-state index contributed by atoms with van der Waals surface area (Å²) >= 11 is 0. The molecule has 0 radical (unpaired) electrons. The number of aryl methyl sites for hydroxylation is 1. The van der Waals surface area contributed by atoms with Crippen molar-refractivity contribution in [3.05, 3.63) is 65.0 Å². The Balaban J connectivity index is 1.38. The van der Waals surface area contributed by atoms with E-state index in [1.54, 1.807) is 0 Å². The number of benzene rings is 1. The van der Waals surface area contributed by atoms with Crippen molar-refractivity contribution < 1.29 is 0 Å². The molecule has 3 nitrogen and oxygen atoms in total.